The molecule has 0 spiro atoms. The van der Waals surface area contributed by atoms with E-state index in [2.05, 4.69) is 22.5 Å². The van der Waals surface area contributed by atoms with Gasteiger partial charge in [0, 0.05) is 0 Å². The van der Waals surface area contributed by atoms with Gasteiger partial charge in [0.1, 0.15) is 6.61 Å². The first kappa shape index (κ1) is 12.0. The molecular formula is C14H12N3O-. The molecule has 0 amide bonds. The summed E-state index contributed by atoms with van der Waals surface area (Å²) in [6, 6.07) is 18.2. The van der Waals surface area contributed by atoms with Gasteiger partial charge in [0.05, 0.1) is 6.40 Å². The number of ether oxygens (including phenoxy) is 1. The lowest BCUT2D eigenvalue weighted by atomic mass is 10.0. The molecule has 2 aromatic rings. The number of rotatable bonds is 5. The second kappa shape index (κ2) is 6.30. The van der Waals surface area contributed by atoms with Crippen LogP contribution >= 0.6 is 0 Å². The van der Waals surface area contributed by atoms with Crippen molar-refractivity contribution in [3.63, 3.8) is 0 Å². The van der Waals surface area contributed by atoms with E-state index in [1.165, 1.54) is 11.1 Å². The second-order valence-electron chi connectivity index (χ2n) is 3.68. The van der Waals surface area contributed by atoms with Crippen molar-refractivity contribution in [2.75, 3.05) is 0 Å². The summed E-state index contributed by atoms with van der Waals surface area (Å²) in [5.74, 6) is 0. The van der Waals surface area contributed by atoms with Crippen LogP contribution in [0.3, 0.4) is 0 Å². The third kappa shape index (κ3) is 3.25. The Balaban J connectivity index is 2.02. The van der Waals surface area contributed by atoms with Crippen molar-refractivity contribution in [1.29, 1.82) is 0 Å². The minimum atomic E-state index is 0.397. The lowest BCUT2D eigenvalue weighted by Crippen LogP contribution is -1.90. The van der Waals surface area contributed by atoms with Crippen LogP contribution in [0, 0.1) is 0 Å². The zero-order valence-electron chi connectivity index (χ0n) is 9.73. The zero-order chi connectivity index (χ0) is 12.6. The molecular weight excluding hydrogens is 226 g/mol. The number of benzene rings is 2. The molecule has 0 aliphatic heterocycles. The van der Waals surface area contributed by atoms with Crippen LogP contribution in [-0.4, -0.2) is 6.40 Å². The third-order valence-electron chi connectivity index (χ3n) is 2.48. The highest BCUT2D eigenvalue weighted by molar-refractivity contribution is 5.63. The standard InChI is InChI=1S/C14H12N3O/c15-17-16-11-18-10-12-6-8-14(9-7-12)13-4-2-1-3-5-13/h1-9,11H,10H2/q-1/b16-11-. The molecule has 4 nitrogen and oxygen atoms in total. The summed E-state index contributed by atoms with van der Waals surface area (Å²) < 4.78 is 5.06. The molecule has 4 heteroatoms. The van der Waals surface area contributed by atoms with E-state index in [0.717, 1.165) is 12.0 Å². The van der Waals surface area contributed by atoms with E-state index in [9.17, 15) is 0 Å². The van der Waals surface area contributed by atoms with Crippen molar-refractivity contribution >= 4 is 6.40 Å². The average molecular weight is 238 g/mol. The summed E-state index contributed by atoms with van der Waals surface area (Å²) in [5, 5.41) is 5.75. The average Bonchev–Trinajstić information content (AvgIpc) is 2.45. The summed E-state index contributed by atoms with van der Waals surface area (Å²) in [6.07, 6.45) is 1.10. The largest absolute Gasteiger partial charge is 0.499 e. The predicted octanol–water partition coefficient (Wildman–Crippen LogP) is 3.84. The van der Waals surface area contributed by atoms with Gasteiger partial charge in [-0.1, -0.05) is 54.6 Å². The Hall–Kier alpha value is -2.49. The monoisotopic (exact) mass is 238 g/mol. The fraction of sp³-hybridized carbons (Fsp3) is 0.0714. The first-order valence-electron chi connectivity index (χ1n) is 5.52. The smallest absolute Gasteiger partial charge is 0.112 e. The molecule has 0 radical (unpaired) electrons. The van der Waals surface area contributed by atoms with Gasteiger partial charge in [0.15, 0.2) is 0 Å². The van der Waals surface area contributed by atoms with Crippen molar-refractivity contribution in [3.05, 3.63) is 65.7 Å². The summed E-state index contributed by atoms with van der Waals surface area (Å²) in [4.78, 5) is 0. The maximum Gasteiger partial charge on any atom is 0.112 e. The Kier molecular flexibility index (Phi) is 4.19. The van der Waals surface area contributed by atoms with Gasteiger partial charge >= 0.3 is 0 Å². The molecule has 0 atom stereocenters. The first-order chi connectivity index (χ1) is 8.90. The van der Waals surface area contributed by atoms with Crippen LogP contribution in [0.25, 0.3) is 16.7 Å². The topological polar surface area (TPSA) is 56.2 Å². The molecule has 90 valence electrons. The maximum atomic E-state index is 8.07. The van der Waals surface area contributed by atoms with Gasteiger partial charge in [-0.3, -0.25) is 5.22 Å². The van der Waals surface area contributed by atoms with E-state index < -0.39 is 0 Å². The SMILES string of the molecule is [N-]=N/N=C\OCc1ccc(-c2ccccc2)cc1. The third-order valence-corrected chi connectivity index (χ3v) is 2.48. The Morgan fingerprint density at radius 3 is 2.28 bits per heavy atom. The highest BCUT2D eigenvalue weighted by Crippen LogP contribution is 2.19. The van der Waals surface area contributed by atoms with Crippen molar-refractivity contribution in [3.8, 4) is 11.1 Å². The first-order valence-corrected chi connectivity index (χ1v) is 5.52. The predicted molar refractivity (Wildman–Crippen MR) is 70.9 cm³/mol. The van der Waals surface area contributed by atoms with E-state index in [4.69, 9.17) is 10.3 Å². The van der Waals surface area contributed by atoms with Crippen LogP contribution in [0.15, 0.2) is 64.9 Å². The van der Waals surface area contributed by atoms with E-state index in [1.54, 1.807) is 0 Å². The summed E-state index contributed by atoms with van der Waals surface area (Å²) in [6.45, 7) is 0.397. The van der Waals surface area contributed by atoms with Gasteiger partial charge in [0.2, 0.25) is 0 Å². The molecule has 2 rings (SSSR count). The number of nitrogens with zero attached hydrogens (tertiary/aromatic N) is 3. The molecule has 0 saturated heterocycles. The molecule has 0 bridgehead atoms. The molecule has 0 N–H and O–H groups in total. The molecule has 2 aromatic carbocycles. The fourth-order valence-electron chi connectivity index (χ4n) is 1.61. The molecule has 0 aliphatic rings. The highest BCUT2D eigenvalue weighted by atomic mass is 16.5. The molecule has 0 unspecified atom stereocenters. The Bertz CT molecular complexity index is 520. The van der Waals surface area contributed by atoms with Crippen molar-refractivity contribution in [2.45, 2.75) is 6.61 Å². The lowest BCUT2D eigenvalue weighted by Gasteiger charge is -2.05. The Labute approximate surface area is 105 Å². The van der Waals surface area contributed by atoms with Crippen LogP contribution in [0.5, 0.6) is 0 Å². The summed E-state index contributed by atoms with van der Waals surface area (Å²) >= 11 is 0. The van der Waals surface area contributed by atoms with Gasteiger partial charge in [-0.05, 0) is 16.7 Å². The minimum absolute atomic E-state index is 0.397. The Morgan fingerprint density at radius 1 is 0.944 bits per heavy atom. The maximum absolute atomic E-state index is 8.07. The summed E-state index contributed by atoms with van der Waals surface area (Å²) in [5.41, 5.74) is 11.5. The number of hydrogen-bond donors (Lipinski definition) is 0. The normalized spacial score (nSPS) is 10.4. The molecule has 0 heterocycles. The molecule has 18 heavy (non-hydrogen) atoms. The lowest BCUT2D eigenvalue weighted by molar-refractivity contribution is 0.307. The van der Waals surface area contributed by atoms with Crippen molar-refractivity contribution < 1.29 is 4.74 Å². The summed E-state index contributed by atoms with van der Waals surface area (Å²) in [7, 11) is 0. The van der Waals surface area contributed by atoms with E-state index >= 15 is 0 Å². The van der Waals surface area contributed by atoms with Crippen LogP contribution in [-0.2, 0) is 11.3 Å². The molecule has 0 saturated carbocycles. The molecule has 0 aromatic heterocycles. The van der Waals surface area contributed by atoms with Crippen LogP contribution in [0.4, 0.5) is 0 Å². The van der Waals surface area contributed by atoms with Crippen LogP contribution < -0.4 is 0 Å². The van der Waals surface area contributed by atoms with E-state index in [-0.39, 0.29) is 0 Å². The van der Waals surface area contributed by atoms with E-state index in [1.807, 2.05) is 42.5 Å². The van der Waals surface area contributed by atoms with Gasteiger partial charge in [0.25, 0.3) is 0 Å². The van der Waals surface area contributed by atoms with Gasteiger partial charge in [-0.15, -0.1) is 0 Å². The van der Waals surface area contributed by atoms with Crippen molar-refractivity contribution in [2.24, 2.45) is 10.3 Å². The molecule has 0 fully saturated rings. The molecule has 0 aliphatic carbocycles. The van der Waals surface area contributed by atoms with Gasteiger partial charge in [-0.25, -0.2) is 0 Å². The quantitative estimate of drug-likeness (QED) is 0.338. The minimum Gasteiger partial charge on any atom is -0.499 e. The zero-order valence-corrected chi connectivity index (χ0v) is 9.73. The fourth-order valence-corrected chi connectivity index (χ4v) is 1.61. The Morgan fingerprint density at radius 2 is 1.61 bits per heavy atom. The van der Waals surface area contributed by atoms with Crippen LogP contribution in [0.2, 0.25) is 0 Å². The highest BCUT2D eigenvalue weighted by Gasteiger charge is 1.96. The van der Waals surface area contributed by atoms with Crippen LogP contribution in [0.1, 0.15) is 5.56 Å². The van der Waals surface area contributed by atoms with Crippen molar-refractivity contribution in [1.82, 2.24) is 0 Å². The van der Waals surface area contributed by atoms with Gasteiger partial charge in [-0.2, -0.15) is 0 Å². The second-order valence-corrected chi connectivity index (χ2v) is 3.68. The van der Waals surface area contributed by atoms with E-state index in [0.29, 0.717) is 6.61 Å². The van der Waals surface area contributed by atoms with Gasteiger partial charge < -0.3 is 15.4 Å². The number of hydrogen-bond acceptors (Lipinski definition) is 2.